The van der Waals surface area contributed by atoms with Crippen LogP contribution in [0, 0.1) is 0 Å². The number of methoxy groups -OCH3 is 2. The van der Waals surface area contributed by atoms with Crippen LogP contribution >= 0.6 is 0 Å². The molecule has 6 nitrogen and oxygen atoms in total. The number of imide groups is 1. The van der Waals surface area contributed by atoms with Crippen molar-refractivity contribution in [1.82, 2.24) is 4.90 Å². The summed E-state index contributed by atoms with van der Waals surface area (Å²) in [6.45, 7) is 0.296. The summed E-state index contributed by atoms with van der Waals surface area (Å²) in [5.41, 5.74) is 3.17. The maximum absolute atomic E-state index is 13.6. The molecule has 1 aliphatic rings. The van der Waals surface area contributed by atoms with Crippen molar-refractivity contribution in [2.45, 2.75) is 6.42 Å². The lowest BCUT2D eigenvalue weighted by molar-refractivity contribution is -0.136. The van der Waals surface area contributed by atoms with E-state index in [1.54, 1.807) is 44.4 Å². The Morgan fingerprint density at radius 3 is 2.06 bits per heavy atom. The van der Waals surface area contributed by atoms with E-state index >= 15 is 0 Å². The number of carbonyl (C=O) groups excluding carboxylic acids is 2. The minimum Gasteiger partial charge on any atom is -0.493 e. The molecular weight excluding hydrogens is 416 g/mol. The first kappa shape index (κ1) is 22.1. The number of carbonyl (C=O) groups is 2. The number of amides is 2. The Morgan fingerprint density at radius 1 is 0.788 bits per heavy atom. The first-order valence-electron chi connectivity index (χ1n) is 10.7. The molecule has 0 aromatic heterocycles. The SMILES string of the molecule is COc1ccc(C2=C(N(C)c3ccccc3)C(=O)N(CCc3ccccc3)C2=O)cc1OC. The highest BCUT2D eigenvalue weighted by Gasteiger charge is 2.41. The summed E-state index contributed by atoms with van der Waals surface area (Å²) in [4.78, 5) is 30.2. The van der Waals surface area contributed by atoms with E-state index in [1.807, 2.05) is 60.7 Å². The van der Waals surface area contributed by atoms with E-state index < -0.39 is 0 Å². The largest absolute Gasteiger partial charge is 0.493 e. The molecule has 6 heteroatoms. The summed E-state index contributed by atoms with van der Waals surface area (Å²) in [7, 11) is 4.90. The van der Waals surface area contributed by atoms with E-state index in [0.717, 1.165) is 11.3 Å². The van der Waals surface area contributed by atoms with Gasteiger partial charge in [0, 0.05) is 19.3 Å². The maximum atomic E-state index is 13.6. The average molecular weight is 443 g/mol. The number of hydrogen-bond acceptors (Lipinski definition) is 5. The molecule has 0 N–H and O–H groups in total. The number of benzene rings is 3. The first-order valence-corrected chi connectivity index (χ1v) is 10.7. The van der Waals surface area contributed by atoms with Gasteiger partial charge in [-0.1, -0.05) is 54.6 Å². The second kappa shape index (κ2) is 9.61. The van der Waals surface area contributed by atoms with Gasteiger partial charge in [0.1, 0.15) is 5.70 Å². The number of para-hydroxylation sites is 1. The Hall–Kier alpha value is -4.06. The second-order valence-electron chi connectivity index (χ2n) is 7.69. The Morgan fingerprint density at radius 2 is 1.42 bits per heavy atom. The molecule has 0 saturated heterocycles. The summed E-state index contributed by atoms with van der Waals surface area (Å²) < 4.78 is 10.8. The Kier molecular flexibility index (Phi) is 6.45. The van der Waals surface area contributed by atoms with Gasteiger partial charge in [-0.3, -0.25) is 14.5 Å². The molecule has 0 bridgehead atoms. The highest BCUT2D eigenvalue weighted by molar-refractivity contribution is 6.36. The van der Waals surface area contributed by atoms with E-state index in [4.69, 9.17) is 9.47 Å². The van der Waals surface area contributed by atoms with Gasteiger partial charge in [-0.25, -0.2) is 0 Å². The lowest BCUT2D eigenvalue weighted by Gasteiger charge is -2.21. The normalized spacial score (nSPS) is 13.5. The van der Waals surface area contributed by atoms with E-state index in [1.165, 1.54) is 4.90 Å². The van der Waals surface area contributed by atoms with Crippen molar-refractivity contribution >= 4 is 23.1 Å². The summed E-state index contributed by atoms with van der Waals surface area (Å²) in [5.74, 6) is 0.415. The quantitative estimate of drug-likeness (QED) is 0.490. The van der Waals surface area contributed by atoms with Gasteiger partial charge >= 0.3 is 0 Å². The van der Waals surface area contributed by atoms with Crippen molar-refractivity contribution in [3.63, 3.8) is 0 Å². The first-order chi connectivity index (χ1) is 16.0. The standard InChI is InChI=1S/C27H26N2O4/c1-28(21-12-8-5-9-13-21)25-24(20-14-15-22(32-2)23(18-20)33-3)26(30)29(27(25)31)17-16-19-10-6-4-7-11-19/h4-15,18H,16-17H2,1-3H3. The molecule has 2 amide bonds. The van der Waals surface area contributed by atoms with Crippen LogP contribution in [-0.2, 0) is 16.0 Å². The number of ether oxygens (including phenoxy) is 2. The van der Waals surface area contributed by atoms with Crippen LogP contribution in [0.4, 0.5) is 5.69 Å². The molecule has 33 heavy (non-hydrogen) atoms. The zero-order chi connectivity index (χ0) is 23.4. The van der Waals surface area contributed by atoms with Gasteiger partial charge in [-0.2, -0.15) is 0 Å². The van der Waals surface area contributed by atoms with E-state index in [9.17, 15) is 9.59 Å². The third kappa shape index (κ3) is 4.32. The fourth-order valence-electron chi connectivity index (χ4n) is 4.00. The molecule has 1 aliphatic heterocycles. The van der Waals surface area contributed by atoms with Gasteiger partial charge in [0.05, 0.1) is 19.8 Å². The molecule has 0 saturated carbocycles. The molecule has 3 aromatic rings. The number of nitrogens with zero attached hydrogens (tertiary/aromatic N) is 2. The number of hydrogen-bond donors (Lipinski definition) is 0. The molecule has 0 radical (unpaired) electrons. The zero-order valence-corrected chi connectivity index (χ0v) is 18.9. The topological polar surface area (TPSA) is 59.1 Å². The Labute approximate surface area is 193 Å². The van der Waals surface area contributed by atoms with Gasteiger partial charge in [-0.15, -0.1) is 0 Å². The molecule has 1 heterocycles. The lowest BCUT2D eigenvalue weighted by atomic mass is 10.0. The predicted octanol–water partition coefficient (Wildman–Crippen LogP) is 4.16. The van der Waals surface area contributed by atoms with E-state index in [-0.39, 0.29) is 11.8 Å². The third-order valence-electron chi connectivity index (χ3n) is 5.76. The van der Waals surface area contributed by atoms with Crippen LogP contribution in [0.25, 0.3) is 5.57 Å². The molecule has 4 rings (SSSR count). The van der Waals surface area contributed by atoms with E-state index in [0.29, 0.717) is 41.3 Å². The van der Waals surface area contributed by atoms with Crippen LogP contribution in [0.1, 0.15) is 11.1 Å². The fourth-order valence-corrected chi connectivity index (χ4v) is 4.00. The van der Waals surface area contributed by atoms with Crippen LogP contribution < -0.4 is 14.4 Å². The summed E-state index contributed by atoms with van der Waals surface area (Å²) in [6.07, 6.45) is 0.583. The molecule has 0 spiro atoms. The highest BCUT2D eigenvalue weighted by Crippen LogP contribution is 2.37. The summed E-state index contributed by atoms with van der Waals surface area (Å²) in [6, 6.07) is 24.6. The van der Waals surface area contributed by atoms with Crippen LogP contribution in [0.15, 0.2) is 84.6 Å². The number of likely N-dealkylation sites (N-methyl/N-ethyl adjacent to an activating group) is 1. The van der Waals surface area contributed by atoms with Crippen molar-refractivity contribution in [3.8, 4) is 11.5 Å². The van der Waals surface area contributed by atoms with Crippen LogP contribution in [0.5, 0.6) is 11.5 Å². The van der Waals surface area contributed by atoms with Crippen molar-refractivity contribution in [2.24, 2.45) is 0 Å². The maximum Gasteiger partial charge on any atom is 0.278 e. The Bertz CT molecular complexity index is 1190. The van der Waals surface area contributed by atoms with Gasteiger partial charge in [0.15, 0.2) is 11.5 Å². The van der Waals surface area contributed by atoms with Crippen molar-refractivity contribution in [1.29, 1.82) is 0 Å². The molecular formula is C27H26N2O4. The second-order valence-corrected chi connectivity index (χ2v) is 7.69. The summed E-state index contributed by atoms with van der Waals surface area (Å²) in [5, 5.41) is 0. The smallest absolute Gasteiger partial charge is 0.278 e. The van der Waals surface area contributed by atoms with Crippen LogP contribution in [0.3, 0.4) is 0 Å². The number of anilines is 1. The Balaban J connectivity index is 1.76. The molecule has 0 aliphatic carbocycles. The van der Waals surface area contributed by atoms with Gasteiger partial charge in [0.25, 0.3) is 11.8 Å². The van der Waals surface area contributed by atoms with Gasteiger partial charge < -0.3 is 14.4 Å². The monoisotopic (exact) mass is 442 g/mol. The predicted molar refractivity (Wildman–Crippen MR) is 128 cm³/mol. The van der Waals surface area contributed by atoms with Crippen molar-refractivity contribution in [3.05, 3.63) is 95.7 Å². The zero-order valence-electron chi connectivity index (χ0n) is 18.9. The van der Waals surface area contributed by atoms with Crippen molar-refractivity contribution < 1.29 is 19.1 Å². The van der Waals surface area contributed by atoms with Gasteiger partial charge in [-0.05, 0) is 41.8 Å². The minimum atomic E-state index is -0.319. The minimum absolute atomic E-state index is 0.296. The fraction of sp³-hybridized carbons (Fsp3) is 0.185. The molecule has 0 atom stereocenters. The van der Waals surface area contributed by atoms with Gasteiger partial charge in [0.2, 0.25) is 0 Å². The molecule has 168 valence electrons. The average Bonchev–Trinajstić information content (AvgIpc) is 3.12. The lowest BCUT2D eigenvalue weighted by Crippen LogP contribution is -2.35. The van der Waals surface area contributed by atoms with Crippen LogP contribution in [0.2, 0.25) is 0 Å². The molecule has 3 aromatic carbocycles. The highest BCUT2D eigenvalue weighted by atomic mass is 16.5. The van der Waals surface area contributed by atoms with Crippen molar-refractivity contribution in [2.75, 3.05) is 32.7 Å². The van der Waals surface area contributed by atoms with Crippen LogP contribution in [-0.4, -0.2) is 44.5 Å². The third-order valence-corrected chi connectivity index (χ3v) is 5.76. The molecule has 0 unspecified atom stereocenters. The summed E-state index contributed by atoms with van der Waals surface area (Å²) >= 11 is 0. The molecule has 0 fully saturated rings. The van der Waals surface area contributed by atoms with E-state index in [2.05, 4.69) is 0 Å². The number of rotatable bonds is 8.